The van der Waals surface area contributed by atoms with Crippen LogP contribution in [0.4, 0.5) is 16.2 Å². The summed E-state index contributed by atoms with van der Waals surface area (Å²) in [6, 6.07) is 22.1. The number of nitrogens with zero attached hydrogens (tertiary/aromatic N) is 1. The SMILES string of the molecule is O=C(Nc1ccc(-c2nc(-c3ccccc3)co2)cc1)Nc1ccc2c(c1)OCCO2. The van der Waals surface area contributed by atoms with Crippen LogP contribution in [0.15, 0.2) is 83.5 Å². The Morgan fingerprint density at radius 1 is 0.774 bits per heavy atom. The van der Waals surface area contributed by atoms with E-state index in [1.165, 1.54) is 0 Å². The smallest absolute Gasteiger partial charge is 0.323 e. The number of hydrogen-bond donors (Lipinski definition) is 2. The average Bonchev–Trinajstić information content (AvgIpc) is 3.30. The number of carbonyl (C=O) groups is 1. The van der Waals surface area contributed by atoms with Gasteiger partial charge in [0.2, 0.25) is 5.89 Å². The van der Waals surface area contributed by atoms with Gasteiger partial charge < -0.3 is 24.5 Å². The Labute approximate surface area is 178 Å². The minimum absolute atomic E-state index is 0.355. The number of urea groups is 1. The monoisotopic (exact) mass is 413 g/mol. The van der Waals surface area contributed by atoms with Crippen LogP contribution in [-0.2, 0) is 0 Å². The molecular weight excluding hydrogens is 394 g/mol. The summed E-state index contributed by atoms with van der Waals surface area (Å²) in [5.74, 6) is 1.81. The molecule has 4 aromatic rings. The van der Waals surface area contributed by atoms with E-state index in [-0.39, 0.29) is 6.03 Å². The first-order valence-electron chi connectivity index (χ1n) is 9.84. The van der Waals surface area contributed by atoms with Gasteiger partial charge in [-0.1, -0.05) is 30.3 Å². The molecule has 0 unspecified atom stereocenters. The highest BCUT2D eigenvalue weighted by atomic mass is 16.6. The van der Waals surface area contributed by atoms with Crippen molar-refractivity contribution in [2.24, 2.45) is 0 Å². The Balaban J connectivity index is 1.23. The van der Waals surface area contributed by atoms with Gasteiger partial charge in [-0.2, -0.15) is 0 Å². The zero-order valence-corrected chi connectivity index (χ0v) is 16.5. The molecule has 7 nitrogen and oxygen atoms in total. The lowest BCUT2D eigenvalue weighted by Gasteiger charge is -2.19. The number of hydrogen-bond acceptors (Lipinski definition) is 5. The standard InChI is InChI=1S/C24H19N3O4/c28-24(26-19-10-11-21-22(14-19)30-13-12-29-21)25-18-8-6-17(7-9-18)23-27-20(15-31-23)16-4-2-1-3-5-16/h1-11,14-15H,12-13H2,(H2,25,26,28). The van der Waals surface area contributed by atoms with Crippen molar-refractivity contribution >= 4 is 17.4 Å². The minimum Gasteiger partial charge on any atom is -0.486 e. The highest BCUT2D eigenvalue weighted by Crippen LogP contribution is 2.32. The minimum atomic E-state index is -0.355. The van der Waals surface area contributed by atoms with E-state index in [2.05, 4.69) is 15.6 Å². The van der Waals surface area contributed by atoms with Gasteiger partial charge in [-0.15, -0.1) is 0 Å². The number of carbonyl (C=O) groups excluding carboxylic acids is 1. The lowest BCUT2D eigenvalue weighted by atomic mass is 10.2. The van der Waals surface area contributed by atoms with Crippen LogP contribution >= 0.6 is 0 Å². The first-order valence-corrected chi connectivity index (χ1v) is 9.84. The molecule has 3 aromatic carbocycles. The van der Waals surface area contributed by atoms with Crippen LogP contribution in [0.3, 0.4) is 0 Å². The third-order valence-electron chi connectivity index (χ3n) is 4.76. The Morgan fingerprint density at radius 2 is 1.48 bits per heavy atom. The number of aromatic nitrogens is 1. The lowest BCUT2D eigenvalue weighted by molar-refractivity contribution is 0.171. The van der Waals surface area contributed by atoms with Crippen molar-refractivity contribution in [3.05, 3.63) is 79.1 Å². The second-order valence-electron chi connectivity index (χ2n) is 6.92. The molecule has 0 aliphatic carbocycles. The van der Waals surface area contributed by atoms with Crippen molar-refractivity contribution in [3.63, 3.8) is 0 Å². The predicted octanol–water partition coefficient (Wildman–Crippen LogP) is 5.42. The molecule has 1 aliphatic rings. The zero-order chi connectivity index (χ0) is 21.0. The largest absolute Gasteiger partial charge is 0.486 e. The summed E-state index contributed by atoms with van der Waals surface area (Å²) in [5.41, 5.74) is 3.85. The van der Waals surface area contributed by atoms with Gasteiger partial charge >= 0.3 is 6.03 Å². The van der Waals surface area contributed by atoms with E-state index in [0.717, 1.165) is 16.8 Å². The molecule has 7 heteroatoms. The van der Waals surface area contributed by atoms with E-state index in [1.807, 2.05) is 42.5 Å². The summed E-state index contributed by atoms with van der Waals surface area (Å²) in [7, 11) is 0. The second kappa shape index (κ2) is 8.23. The number of anilines is 2. The number of nitrogens with one attached hydrogen (secondary N) is 2. The zero-order valence-electron chi connectivity index (χ0n) is 16.5. The molecule has 0 bridgehead atoms. The molecule has 0 radical (unpaired) electrons. The van der Waals surface area contributed by atoms with Crippen LogP contribution in [0, 0.1) is 0 Å². The van der Waals surface area contributed by atoms with E-state index in [1.54, 1.807) is 36.6 Å². The highest BCUT2D eigenvalue weighted by Gasteiger charge is 2.13. The predicted molar refractivity (Wildman–Crippen MR) is 117 cm³/mol. The second-order valence-corrected chi connectivity index (χ2v) is 6.92. The number of oxazole rings is 1. The Bertz CT molecular complexity index is 1200. The first-order chi connectivity index (χ1) is 15.2. The Morgan fingerprint density at radius 3 is 2.29 bits per heavy atom. The van der Waals surface area contributed by atoms with Crippen LogP contribution in [0.25, 0.3) is 22.7 Å². The van der Waals surface area contributed by atoms with Gasteiger partial charge in [-0.25, -0.2) is 9.78 Å². The summed E-state index contributed by atoms with van der Waals surface area (Å²) in [6.07, 6.45) is 1.64. The molecule has 2 N–H and O–H groups in total. The molecule has 1 aliphatic heterocycles. The molecular formula is C24H19N3O4. The van der Waals surface area contributed by atoms with Crippen LogP contribution in [0.2, 0.25) is 0 Å². The maximum atomic E-state index is 12.3. The summed E-state index contributed by atoms with van der Waals surface area (Å²) in [5, 5.41) is 5.60. The van der Waals surface area contributed by atoms with Crippen LogP contribution < -0.4 is 20.1 Å². The van der Waals surface area contributed by atoms with E-state index in [4.69, 9.17) is 13.9 Å². The van der Waals surface area contributed by atoms with Gasteiger partial charge in [-0.05, 0) is 36.4 Å². The van der Waals surface area contributed by atoms with Crippen molar-refractivity contribution in [3.8, 4) is 34.2 Å². The van der Waals surface area contributed by atoms with Crippen LogP contribution in [0.5, 0.6) is 11.5 Å². The van der Waals surface area contributed by atoms with Gasteiger partial charge in [0.25, 0.3) is 0 Å². The highest BCUT2D eigenvalue weighted by molar-refractivity contribution is 6.00. The number of fused-ring (bicyclic) bond motifs is 1. The fourth-order valence-electron chi connectivity index (χ4n) is 3.26. The maximum absolute atomic E-state index is 12.3. The molecule has 2 amide bonds. The third kappa shape index (κ3) is 4.20. The number of amides is 2. The molecule has 0 atom stereocenters. The van der Waals surface area contributed by atoms with Gasteiger partial charge in [0.1, 0.15) is 25.2 Å². The van der Waals surface area contributed by atoms with Crippen molar-refractivity contribution in [2.75, 3.05) is 23.8 Å². The quantitative estimate of drug-likeness (QED) is 0.466. The number of ether oxygens (including phenoxy) is 2. The molecule has 0 spiro atoms. The van der Waals surface area contributed by atoms with E-state index >= 15 is 0 Å². The van der Waals surface area contributed by atoms with E-state index in [0.29, 0.717) is 42.0 Å². The topological polar surface area (TPSA) is 85.6 Å². The lowest BCUT2D eigenvalue weighted by Crippen LogP contribution is -2.20. The number of benzene rings is 3. The molecule has 154 valence electrons. The average molecular weight is 413 g/mol. The van der Waals surface area contributed by atoms with Crippen LogP contribution in [-0.4, -0.2) is 24.2 Å². The fourth-order valence-corrected chi connectivity index (χ4v) is 3.26. The van der Waals surface area contributed by atoms with Gasteiger partial charge in [0.05, 0.1) is 0 Å². The summed E-state index contributed by atoms with van der Waals surface area (Å²) in [6.45, 7) is 1.02. The summed E-state index contributed by atoms with van der Waals surface area (Å²) >= 11 is 0. The third-order valence-corrected chi connectivity index (χ3v) is 4.76. The van der Waals surface area contributed by atoms with Gasteiger partial charge in [0.15, 0.2) is 11.5 Å². The Hall–Kier alpha value is -4.26. The normalized spacial score (nSPS) is 12.3. The molecule has 1 aromatic heterocycles. The summed E-state index contributed by atoms with van der Waals surface area (Å²) < 4.78 is 16.6. The van der Waals surface area contributed by atoms with E-state index < -0.39 is 0 Å². The number of rotatable bonds is 4. The molecule has 0 saturated carbocycles. The van der Waals surface area contributed by atoms with Crippen molar-refractivity contribution < 1.29 is 18.7 Å². The van der Waals surface area contributed by atoms with E-state index in [9.17, 15) is 4.79 Å². The van der Waals surface area contributed by atoms with Crippen LogP contribution in [0.1, 0.15) is 0 Å². The Kier molecular flexibility index (Phi) is 4.98. The maximum Gasteiger partial charge on any atom is 0.323 e. The molecule has 5 rings (SSSR count). The molecule has 0 fully saturated rings. The van der Waals surface area contributed by atoms with Crippen molar-refractivity contribution in [2.45, 2.75) is 0 Å². The molecule has 31 heavy (non-hydrogen) atoms. The van der Waals surface area contributed by atoms with Gasteiger partial charge in [-0.3, -0.25) is 0 Å². The van der Waals surface area contributed by atoms with Crippen molar-refractivity contribution in [1.82, 2.24) is 4.98 Å². The van der Waals surface area contributed by atoms with Gasteiger partial charge in [0, 0.05) is 28.6 Å². The summed E-state index contributed by atoms with van der Waals surface area (Å²) in [4.78, 5) is 16.9. The van der Waals surface area contributed by atoms with Crippen molar-refractivity contribution in [1.29, 1.82) is 0 Å². The first kappa shape index (κ1) is 18.7. The fraction of sp³-hybridized carbons (Fsp3) is 0.0833. The molecule has 2 heterocycles. The molecule has 0 saturated heterocycles.